The molecule has 1 N–H and O–H groups in total. The fourth-order valence-corrected chi connectivity index (χ4v) is 3.10. The van der Waals surface area contributed by atoms with E-state index >= 15 is 0 Å². The molecule has 0 atom stereocenters. The van der Waals surface area contributed by atoms with Crippen LogP contribution in [0.1, 0.15) is 5.56 Å². The molecule has 0 saturated heterocycles. The van der Waals surface area contributed by atoms with Crippen molar-refractivity contribution in [1.82, 2.24) is 0 Å². The molecule has 0 radical (unpaired) electrons. The van der Waals surface area contributed by atoms with Crippen molar-refractivity contribution in [1.29, 1.82) is 0 Å². The molecule has 0 unspecified atom stereocenters. The zero-order valence-electron chi connectivity index (χ0n) is 10.9. The molecule has 1 aliphatic heterocycles. The molecule has 3 aromatic carbocycles. The Morgan fingerprint density at radius 1 is 0.905 bits per heavy atom. The topological polar surface area (TPSA) is 24.4 Å². The van der Waals surface area contributed by atoms with E-state index < -0.39 is 0 Å². The van der Waals surface area contributed by atoms with E-state index in [-0.39, 0.29) is 0 Å². The molecule has 4 rings (SSSR count). The van der Waals surface area contributed by atoms with E-state index in [0.29, 0.717) is 10.0 Å². The minimum absolute atomic E-state index is 0.584. The quantitative estimate of drug-likeness (QED) is 0.617. The molecule has 0 amide bonds. The van der Waals surface area contributed by atoms with Gasteiger partial charge in [0, 0.05) is 21.7 Å². The van der Waals surface area contributed by atoms with Crippen LogP contribution in [0.15, 0.2) is 59.6 Å². The smallest absolute Gasteiger partial charge is 0.139 e. The lowest BCUT2D eigenvalue weighted by molar-refractivity contribution is 1.46. The Bertz CT molecular complexity index is 895. The summed E-state index contributed by atoms with van der Waals surface area (Å²) in [6.45, 7) is 0. The molecular formula is C17H10Cl2N2. The number of aliphatic imine (C=N–C) groups is 1. The molecule has 0 bridgehead atoms. The Balaban J connectivity index is 1.94. The first-order chi connectivity index (χ1) is 10.2. The second kappa shape index (κ2) is 4.76. The number of rotatable bonds is 1. The third kappa shape index (κ3) is 2.08. The predicted molar refractivity (Wildman–Crippen MR) is 90.2 cm³/mol. The van der Waals surface area contributed by atoms with Crippen molar-refractivity contribution >= 4 is 51.2 Å². The van der Waals surface area contributed by atoms with Crippen molar-refractivity contribution in [2.75, 3.05) is 5.32 Å². The number of halogens is 2. The molecule has 1 heterocycles. The largest absolute Gasteiger partial charge is 0.339 e. The number of benzene rings is 3. The maximum absolute atomic E-state index is 6.29. The van der Waals surface area contributed by atoms with Crippen LogP contribution in [0.2, 0.25) is 10.0 Å². The van der Waals surface area contributed by atoms with E-state index in [1.807, 2.05) is 36.4 Å². The first kappa shape index (κ1) is 12.7. The van der Waals surface area contributed by atoms with Crippen LogP contribution in [0.5, 0.6) is 0 Å². The molecule has 0 aromatic heterocycles. The lowest BCUT2D eigenvalue weighted by atomic mass is 10.0. The monoisotopic (exact) mass is 312 g/mol. The van der Waals surface area contributed by atoms with E-state index in [1.165, 1.54) is 5.39 Å². The summed E-state index contributed by atoms with van der Waals surface area (Å²) >= 11 is 12.2. The Hall–Kier alpha value is -2.03. The molecule has 3 aromatic rings. The highest BCUT2D eigenvalue weighted by Crippen LogP contribution is 2.37. The maximum atomic E-state index is 6.29. The molecule has 1 aliphatic rings. The van der Waals surface area contributed by atoms with Crippen LogP contribution in [0, 0.1) is 0 Å². The second-order valence-electron chi connectivity index (χ2n) is 4.89. The number of nitrogens with zero attached hydrogens (tertiary/aromatic N) is 1. The highest BCUT2D eigenvalue weighted by atomic mass is 35.5. The molecule has 0 saturated carbocycles. The van der Waals surface area contributed by atoms with Gasteiger partial charge in [-0.3, -0.25) is 0 Å². The van der Waals surface area contributed by atoms with Crippen LogP contribution < -0.4 is 5.32 Å². The molecule has 2 nitrogen and oxygen atoms in total. The zero-order valence-corrected chi connectivity index (χ0v) is 12.4. The average Bonchev–Trinajstić information content (AvgIpc) is 2.47. The van der Waals surface area contributed by atoms with Gasteiger partial charge in [-0.25, -0.2) is 4.99 Å². The molecule has 0 spiro atoms. The Labute approximate surface area is 132 Å². The van der Waals surface area contributed by atoms with Gasteiger partial charge in [0.25, 0.3) is 0 Å². The highest BCUT2D eigenvalue weighted by molar-refractivity contribution is 6.38. The highest BCUT2D eigenvalue weighted by Gasteiger charge is 2.17. The van der Waals surface area contributed by atoms with E-state index in [4.69, 9.17) is 28.2 Å². The first-order valence-corrected chi connectivity index (χ1v) is 7.31. The standard InChI is InChI=1S/C17H10Cl2N2/c18-11-7-8-12(13(19)9-11)17-20-14-5-1-3-10-4-2-6-15(21-17)16(10)14/h1-9H,(H,20,21). The van der Waals surface area contributed by atoms with Crippen LogP contribution in [0.25, 0.3) is 10.8 Å². The molecule has 0 aliphatic carbocycles. The summed E-state index contributed by atoms with van der Waals surface area (Å²) < 4.78 is 0. The Kier molecular flexibility index (Phi) is 2.88. The molecule has 102 valence electrons. The fourth-order valence-electron chi connectivity index (χ4n) is 2.60. The lowest BCUT2D eigenvalue weighted by Crippen LogP contribution is -2.16. The fraction of sp³-hybridized carbons (Fsp3) is 0. The number of hydrogen-bond donors (Lipinski definition) is 1. The molecule has 0 fully saturated rings. The Morgan fingerprint density at radius 3 is 2.52 bits per heavy atom. The van der Waals surface area contributed by atoms with Crippen molar-refractivity contribution in [2.24, 2.45) is 4.99 Å². The number of hydrogen-bond acceptors (Lipinski definition) is 2. The number of anilines is 1. The van der Waals surface area contributed by atoms with Crippen molar-refractivity contribution < 1.29 is 0 Å². The third-order valence-electron chi connectivity index (χ3n) is 3.55. The second-order valence-corrected chi connectivity index (χ2v) is 5.73. The summed E-state index contributed by atoms with van der Waals surface area (Å²) in [5, 5.41) is 6.86. The number of nitrogens with one attached hydrogen (secondary N) is 1. The maximum Gasteiger partial charge on any atom is 0.139 e. The summed E-state index contributed by atoms with van der Waals surface area (Å²) in [7, 11) is 0. The van der Waals surface area contributed by atoms with Crippen molar-refractivity contribution in [2.45, 2.75) is 0 Å². The van der Waals surface area contributed by atoms with Gasteiger partial charge in [-0.15, -0.1) is 0 Å². The predicted octanol–water partition coefficient (Wildman–Crippen LogP) is 5.65. The third-order valence-corrected chi connectivity index (χ3v) is 4.10. The summed E-state index contributed by atoms with van der Waals surface area (Å²) in [5.74, 6) is 0.739. The van der Waals surface area contributed by atoms with Crippen LogP contribution in [0.3, 0.4) is 0 Å². The SMILES string of the molecule is Clc1ccc(C2=Nc3cccc4cccc(c34)N2)c(Cl)c1. The van der Waals surface area contributed by atoms with Gasteiger partial charge in [0.2, 0.25) is 0 Å². The van der Waals surface area contributed by atoms with Gasteiger partial charge in [0.05, 0.1) is 10.7 Å². The summed E-state index contributed by atoms with van der Waals surface area (Å²) in [5.41, 5.74) is 2.83. The first-order valence-electron chi connectivity index (χ1n) is 6.55. The van der Waals surface area contributed by atoms with Crippen molar-refractivity contribution in [3.8, 4) is 0 Å². The van der Waals surface area contributed by atoms with Crippen LogP contribution in [-0.4, -0.2) is 5.84 Å². The molecule has 4 heteroatoms. The summed E-state index contributed by atoms with van der Waals surface area (Å²) in [4.78, 5) is 4.70. The molecule has 21 heavy (non-hydrogen) atoms. The minimum Gasteiger partial charge on any atom is -0.339 e. The minimum atomic E-state index is 0.584. The summed E-state index contributed by atoms with van der Waals surface area (Å²) in [6.07, 6.45) is 0. The van der Waals surface area contributed by atoms with E-state index in [9.17, 15) is 0 Å². The van der Waals surface area contributed by atoms with Crippen molar-refractivity contribution in [3.63, 3.8) is 0 Å². The lowest BCUT2D eigenvalue weighted by Gasteiger charge is -2.19. The van der Waals surface area contributed by atoms with Gasteiger partial charge in [0.15, 0.2) is 0 Å². The van der Waals surface area contributed by atoms with E-state index in [1.54, 1.807) is 6.07 Å². The molecular weight excluding hydrogens is 303 g/mol. The van der Waals surface area contributed by atoms with Crippen LogP contribution in [0.4, 0.5) is 11.4 Å². The van der Waals surface area contributed by atoms with Gasteiger partial charge < -0.3 is 5.32 Å². The van der Waals surface area contributed by atoms with Gasteiger partial charge >= 0.3 is 0 Å². The zero-order chi connectivity index (χ0) is 14.4. The van der Waals surface area contributed by atoms with Crippen LogP contribution >= 0.6 is 23.2 Å². The van der Waals surface area contributed by atoms with Crippen LogP contribution in [-0.2, 0) is 0 Å². The summed E-state index contributed by atoms with van der Waals surface area (Å²) in [6, 6.07) is 17.7. The Morgan fingerprint density at radius 2 is 1.71 bits per heavy atom. The average molecular weight is 313 g/mol. The van der Waals surface area contributed by atoms with E-state index in [0.717, 1.165) is 28.2 Å². The van der Waals surface area contributed by atoms with Gasteiger partial charge in [0.1, 0.15) is 5.84 Å². The van der Waals surface area contributed by atoms with Gasteiger partial charge in [-0.05, 0) is 35.7 Å². The normalized spacial score (nSPS) is 13.0. The van der Waals surface area contributed by atoms with Crippen molar-refractivity contribution in [3.05, 3.63) is 70.2 Å². The van der Waals surface area contributed by atoms with E-state index in [2.05, 4.69) is 17.4 Å². The van der Waals surface area contributed by atoms with Gasteiger partial charge in [-0.1, -0.05) is 47.5 Å². The van der Waals surface area contributed by atoms with Gasteiger partial charge in [-0.2, -0.15) is 0 Å². The number of amidine groups is 1.